The first-order valence-electron chi connectivity index (χ1n) is 8.48. The summed E-state index contributed by atoms with van der Waals surface area (Å²) in [6.45, 7) is 3.60. The molecular weight excluding hydrogens is 425 g/mol. The Kier molecular flexibility index (Phi) is 5.78. The zero-order chi connectivity index (χ0) is 20.7. The highest BCUT2D eigenvalue weighted by Gasteiger charge is 2.48. The molecule has 1 atom stereocenters. The van der Waals surface area contributed by atoms with Crippen molar-refractivity contribution in [1.82, 2.24) is 4.31 Å². The molecule has 1 aliphatic rings. The van der Waals surface area contributed by atoms with Crippen molar-refractivity contribution in [3.8, 4) is 11.1 Å². The summed E-state index contributed by atoms with van der Waals surface area (Å²) in [6, 6.07) is 9.14. The van der Waals surface area contributed by atoms with Gasteiger partial charge in [-0.2, -0.15) is 16.1 Å². The van der Waals surface area contributed by atoms with Crippen molar-refractivity contribution in [2.45, 2.75) is 29.5 Å². The van der Waals surface area contributed by atoms with Crippen molar-refractivity contribution in [1.29, 1.82) is 0 Å². The second kappa shape index (κ2) is 7.67. The summed E-state index contributed by atoms with van der Waals surface area (Å²) in [4.78, 5) is 11.8. The maximum Gasteiger partial charge on any atom is 0.323 e. The van der Waals surface area contributed by atoms with Crippen LogP contribution in [0.25, 0.3) is 11.1 Å². The number of aliphatic carboxylic acids is 1. The number of thioether (sulfide) groups is 1. The quantitative estimate of drug-likeness (QED) is 0.769. The van der Waals surface area contributed by atoms with Crippen molar-refractivity contribution in [3.63, 3.8) is 0 Å². The Balaban J connectivity index is 1.95. The molecule has 1 unspecified atom stereocenters. The molecule has 5 nitrogen and oxygen atoms in total. The predicted octanol–water partition coefficient (Wildman–Crippen LogP) is 4.12. The number of rotatable bonds is 4. The van der Waals surface area contributed by atoms with Gasteiger partial charge < -0.3 is 5.11 Å². The topological polar surface area (TPSA) is 74.7 Å². The summed E-state index contributed by atoms with van der Waals surface area (Å²) in [6.07, 6.45) is 0. The molecule has 1 heterocycles. The van der Waals surface area contributed by atoms with Gasteiger partial charge in [0, 0.05) is 17.0 Å². The van der Waals surface area contributed by atoms with Crippen LogP contribution in [0.1, 0.15) is 13.8 Å². The third-order valence-corrected chi connectivity index (χ3v) is 8.20. The second-order valence-electron chi connectivity index (χ2n) is 6.96. The molecule has 9 heteroatoms. The standard InChI is InChI=1S/C19H19ClFNO4S2/c1-19(2)17(18(23)24)22(9-10-27-19)28(25,26)14-6-3-12(4-7-14)13-5-8-16(21)15(20)11-13/h3-8,11,17H,9-10H2,1-2H3,(H,23,24). The molecule has 2 aromatic rings. The molecule has 0 aliphatic carbocycles. The van der Waals surface area contributed by atoms with E-state index in [1.807, 2.05) is 0 Å². The van der Waals surface area contributed by atoms with Gasteiger partial charge >= 0.3 is 5.97 Å². The number of hydrogen-bond donors (Lipinski definition) is 1. The third-order valence-electron chi connectivity index (χ3n) is 4.68. The summed E-state index contributed by atoms with van der Waals surface area (Å²) in [5.41, 5.74) is 1.32. The van der Waals surface area contributed by atoms with E-state index in [4.69, 9.17) is 11.6 Å². The van der Waals surface area contributed by atoms with Crippen LogP contribution in [0.15, 0.2) is 47.4 Å². The summed E-state index contributed by atoms with van der Waals surface area (Å²) < 4.78 is 39.9. The van der Waals surface area contributed by atoms with Gasteiger partial charge in [0.2, 0.25) is 10.0 Å². The molecule has 0 aromatic heterocycles. The van der Waals surface area contributed by atoms with E-state index in [2.05, 4.69) is 0 Å². The molecule has 3 rings (SSSR count). The lowest BCUT2D eigenvalue weighted by Crippen LogP contribution is -2.58. The molecule has 2 aromatic carbocycles. The molecule has 1 N–H and O–H groups in total. The van der Waals surface area contributed by atoms with Crippen LogP contribution < -0.4 is 0 Å². The first kappa shape index (κ1) is 21.1. The maximum atomic E-state index is 13.3. The number of nitrogens with zero attached hydrogens (tertiary/aromatic N) is 1. The van der Waals surface area contributed by atoms with Crippen molar-refractivity contribution in [3.05, 3.63) is 53.3 Å². The molecule has 0 spiro atoms. The molecule has 1 saturated heterocycles. The van der Waals surface area contributed by atoms with E-state index >= 15 is 0 Å². The number of carbonyl (C=O) groups is 1. The fraction of sp³-hybridized carbons (Fsp3) is 0.316. The van der Waals surface area contributed by atoms with Crippen molar-refractivity contribution >= 4 is 39.4 Å². The van der Waals surface area contributed by atoms with Crippen LogP contribution in [0.2, 0.25) is 5.02 Å². The van der Waals surface area contributed by atoms with E-state index in [-0.39, 0.29) is 16.5 Å². The monoisotopic (exact) mass is 443 g/mol. The van der Waals surface area contributed by atoms with Crippen LogP contribution in [0.5, 0.6) is 0 Å². The second-order valence-corrected chi connectivity index (χ2v) is 11.0. The smallest absolute Gasteiger partial charge is 0.323 e. The number of sulfonamides is 1. The van der Waals surface area contributed by atoms with Gasteiger partial charge in [-0.3, -0.25) is 4.79 Å². The lowest BCUT2D eigenvalue weighted by molar-refractivity contribution is -0.142. The van der Waals surface area contributed by atoms with E-state index in [0.29, 0.717) is 16.9 Å². The van der Waals surface area contributed by atoms with Crippen LogP contribution >= 0.6 is 23.4 Å². The van der Waals surface area contributed by atoms with E-state index in [9.17, 15) is 22.7 Å². The maximum absolute atomic E-state index is 13.3. The number of halogens is 2. The Morgan fingerprint density at radius 1 is 1.21 bits per heavy atom. The molecule has 1 fully saturated rings. The van der Waals surface area contributed by atoms with E-state index in [1.54, 1.807) is 32.0 Å². The number of carboxylic acid groups (broad SMARTS) is 1. The molecule has 0 bridgehead atoms. The molecule has 0 radical (unpaired) electrons. The number of carboxylic acids is 1. The fourth-order valence-corrected chi connectivity index (χ4v) is 6.54. The normalized spacial score (nSPS) is 20.1. The zero-order valence-electron chi connectivity index (χ0n) is 15.2. The fourth-order valence-electron chi connectivity index (χ4n) is 3.26. The van der Waals surface area contributed by atoms with Crippen molar-refractivity contribution in [2.24, 2.45) is 0 Å². The van der Waals surface area contributed by atoms with Crippen LogP contribution in [-0.2, 0) is 14.8 Å². The van der Waals surface area contributed by atoms with Gasteiger partial charge in [0.1, 0.15) is 11.9 Å². The summed E-state index contributed by atoms with van der Waals surface area (Å²) in [5.74, 6) is -1.18. The zero-order valence-corrected chi connectivity index (χ0v) is 17.6. The summed E-state index contributed by atoms with van der Waals surface area (Å²) in [7, 11) is -3.99. The molecular formula is C19H19ClFNO4S2. The van der Waals surface area contributed by atoms with E-state index in [1.165, 1.54) is 36.0 Å². The van der Waals surface area contributed by atoms with Crippen LogP contribution in [0, 0.1) is 5.82 Å². The Morgan fingerprint density at radius 2 is 1.82 bits per heavy atom. The molecule has 28 heavy (non-hydrogen) atoms. The van der Waals surface area contributed by atoms with Crippen LogP contribution in [-0.4, -0.2) is 46.9 Å². The highest BCUT2D eigenvalue weighted by molar-refractivity contribution is 8.00. The Morgan fingerprint density at radius 3 is 2.39 bits per heavy atom. The van der Waals surface area contributed by atoms with E-state index in [0.717, 1.165) is 4.31 Å². The van der Waals surface area contributed by atoms with Gasteiger partial charge in [-0.25, -0.2) is 12.8 Å². The highest BCUT2D eigenvalue weighted by Crippen LogP contribution is 2.38. The van der Waals surface area contributed by atoms with Crippen molar-refractivity contribution in [2.75, 3.05) is 12.3 Å². The van der Waals surface area contributed by atoms with Gasteiger partial charge in [0.05, 0.1) is 9.92 Å². The molecule has 1 aliphatic heterocycles. The highest BCUT2D eigenvalue weighted by atomic mass is 35.5. The Labute approximate surface area is 172 Å². The van der Waals surface area contributed by atoms with Gasteiger partial charge in [0.15, 0.2) is 0 Å². The lowest BCUT2D eigenvalue weighted by atomic mass is 10.0. The first-order valence-corrected chi connectivity index (χ1v) is 11.3. The van der Waals surface area contributed by atoms with E-state index < -0.39 is 32.6 Å². The first-order chi connectivity index (χ1) is 13.0. The average molecular weight is 444 g/mol. The lowest BCUT2D eigenvalue weighted by Gasteiger charge is -2.42. The minimum atomic E-state index is -3.99. The van der Waals surface area contributed by atoms with Crippen LogP contribution in [0.3, 0.4) is 0 Å². The average Bonchev–Trinajstić information content (AvgIpc) is 2.62. The number of benzene rings is 2. The Bertz CT molecular complexity index is 1010. The molecule has 0 amide bonds. The summed E-state index contributed by atoms with van der Waals surface area (Å²) >= 11 is 7.25. The number of hydrogen-bond acceptors (Lipinski definition) is 4. The SMILES string of the molecule is CC1(C)SCCN(S(=O)(=O)c2ccc(-c3ccc(F)c(Cl)c3)cc2)C1C(=O)O. The third kappa shape index (κ3) is 3.91. The van der Waals surface area contributed by atoms with Gasteiger partial charge in [-0.05, 0) is 49.2 Å². The minimum absolute atomic E-state index is 0.0124. The van der Waals surface area contributed by atoms with Gasteiger partial charge in [0.25, 0.3) is 0 Å². The predicted molar refractivity (Wildman–Crippen MR) is 109 cm³/mol. The Hall–Kier alpha value is -1.61. The molecule has 0 saturated carbocycles. The molecule has 150 valence electrons. The van der Waals surface area contributed by atoms with Crippen molar-refractivity contribution < 1.29 is 22.7 Å². The van der Waals surface area contributed by atoms with Gasteiger partial charge in [-0.1, -0.05) is 29.8 Å². The largest absolute Gasteiger partial charge is 0.480 e. The minimum Gasteiger partial charge on any atom is -0.480 e. The van der Waals surface area contributed by atoms with Gasteiger partial charge in [-0.15, -0.1) is 0 Å². The van der Waals surface area contributed by atoms with Crippen LogP contribution in [0.4, 0.5) is 4.39 Å². The summed E-state index contributed by atoms with van der Waals surface area (Å²) in [5, 5.41) is 9.61.